The summed E-state index contributed by atoms with van der Waals surface area (Å²) in [6.07, 6.45) is 0.998. The van der Waals surface area contributed by atoms with Crippen molar-refractivity contribution in [2.24, 2.45) is 5.73 Å². The van der Waals surface area contributed by atoms with Crippen LogP contribution < -0.4 is 16.4 Å². The molecular weight excluding hydrogens is 222 g/mol. The number of rotatable bonds is 8. The summed E-state index contributed by atoms with van der Waals surface area (Å²) >= 11 is 0. The second-order valence-corrected chi connectivity index (χ2v) is 3.72. The Bertz CT molecular complexity index is 352. The lowest BCUT2D eigenvalue weighted by Gasteiger charge is -2.05. The van der Waals surface area contributed by atoms with Gasteiger partial charge in [-0.3, -0.25) is 4.79 Å². The average molecular weight is 241 g/mol. The van der Waals surface area contributed by atoms with Crippen LogP contribution in [0.15, 0.2) is 4.42 Å². The summed E-state index contributed by atoms with van der Waals surface area (Å²) in [7, 11) is 0. The van der Waals surface area contributed by atoms with Crippen molar-refractivity contribution in [3.05, 3.63) is 5.89 Å². The SMILES string of the molecule is CCNC(C)c1nnc(NCCCC(N)=O)o1. The Balaban J connectivity index is 2.32. The number of carbonyl (C=O) groups excluding carboxylic acids is 1. The van der Waals surface area contributed by atoms with Gasteiger partial charge < -0.3 is 20.8 Å². The van der Waals surface area contributed by atoms with Crippen LogP contribution in [-0.2, 0) is 4.79 Å². The van der Waals surface area contributed by atoms with E-state index in [2.05, 4.69) is 20.8 Å². The number of amides is 1. The third-order valence-electron chi connectivity index (χ3n) is 2.20. The van der Waals surface area contributed by atoms with Crippen LogP contribution in [0, 0.1) is 0 Å². The fourth-order valence-corrected chi connectivity index (χ4v) is 1.33. The molecule has 7 nitrogen and oxygen atoms in total. The van der Waals surface area contributed by atoms with E-state index in [1.807, 2.05) is 13.8 Å². The summed E-state index contributed by atoms with van der Waals surface area (Å²) in [5, 5.41) is 13.9. The summed E-state index contributed by atoms with van der Waals surface area (Å²) in [5.74, 6) is 0.239. The van der Waals surface area contributed by atoms with Crippen molar-refractivity contribution >= 4 is 11.9 Å². The minimum absolute atomic E-state index is 0.0358. The van der Waals surface area contributed by atoms with Crippen molar-refractivity contribution in [1.29, 1.82) is 0 Å². The largest absolute Gasteiger partial charge is 0.406 e. The van der Waals surface area contributed by atoms with E-state index in [9.17, 15) is 4.79 Å². The standard InChI is InChI=1S/C10H19N5O2/c1-3-12-7(2)9-14-15-10(17-9)13-6-4-5-8(11)16/h7,12H,3-6H2,1-2H3,(H2,11,16)(H,13,15). The molecule has 0 aliphatic heterocycles. The molecule has 1 aromatic rings. The molecule has 0 spiro atoms. The Kier molecular flexibility index (Phi) is 5.41. The van der Waals surface area contributed by atoms with Gasteiger partial charge in [0, 0.05) is 13.0 Å². The molecule has 1 heterocycles. The smallest absolute Gasteiger partial charge is 0.315 e. The predicted octanol–water partition coefficient (Wildman–Crippen LogP) is 0.418. The molecule has 1 amide bonds. The third kappa shape index (κ3) is 4.81. The summed E-state index contributed by atoms with van der Waals surface area (Å²) < 4.78 is 5.39. The van der Waals surface area contributed by atoms with Crippen molar-refractivity contribution < 1.29 is 9.21 Å². The highest BCUT2D eigenvalue weighted by atomic mass is 16.4. The van der Waals surface area contributed by atoms with Gasteiger partial charge in [0.05, 0.1) is 6.04 Å². The van der Waals surface area contributed by atoms with E-state index in [0.29, 0.717) is 31.3 Å². The Morgan fingerprint density at radius 1 is 1.53 bits per heavy atom. The van der Waals surface area contributed by atoms with Gasteiger partial charge in [-0.25, -0.2) is 0 Å². The van der Waals surface area contributed by atoms with Gasteiger partial charge in [-0.2, -0.15) is 0 Å². The number of primary amides is 1. The van der Waals surface area contributed by atoms with E-state index in [0.717, 1.165) is 6.54 Å². The van der Waals surface area contributed by atoms with Crippen LogP contribution in [0.2, 0.25) is 0 Å². The topological polar surface area (TPSA) is 106 Å². The second kappa shape index (κ2) is 6.85. The third-order valence-corrected chi connectivity index (χ3v) is 2.20. The zero-order valence-corrected chi connectivity index (χ0v) is 10.2. The Hall–Kier alpha value is -1.63. The molecule has 0 radical (unpaired) electrons. The van der Waals surface area contributed by atoms with Crippen LogP contribution in [-0.4, -0.2) is 29.2 Å². The van der Waals surface area contributed by atoms with Crippen LogP contribution in [0.4, 0.5) is 6.01 Å². The fraction of sp³-hybridized carbons (Fsp3) is 0.700. The number of anilines is 1. The minimum atomic E-state index is -0.307. The molecule has 0 aliphatic carbocycles. The maximum atomic E-state index is 10.5. The van der Waals surface area contributed by atoms with E-state index in [1.54, 1.807) is 0 Å². The molecule has 0 saturated heterocycles. The molecule has 1 unspecified atom stereocenters. The van der Waals surface area contributed by atoms with E-state index in [1.165, 1.54) is 0 Å². The maximum absolute atomic E-state index is 10.5. The summed E-state index contributed by atoms with van der Waals surface area (Å²) in [4.78, 5) is 10.5. The van der Waals surface area contributed by atoms with E-state index in [4.69, 9.17) is 10.2 Å². The van der Waals surface area contributed by atoms with Gasteiger partial charge in [-0.1, -0.05) is 12.0 Å². The van der Waals surface area contributed by atoms with Gasteiger partial charge in [-0.15, -0.1) is 5.10 Å². The number of hydrogen-bond acceptors (Lipinski definition) is 6. The van der Waals surface area contributed by atoms with E-state index in [-0.39, 0.29) is 11.9 Å². The van der Waals surface area contributed by atoms with Crippen molar-refractivity contribution in [2.45, 2.75) is 32.7 Å². The fourth-order valence-electron chi connectivity index (χ4n) is 1.33. The normalized spacial score (nSPS) is 12.4. The second-order valence-electron chi connectivity index (χ2n) is 3.72. The van der Waals surface area contributed by atoms with Crippen LogP contribution in [0.1, 0.15) is 38.6 Å². The monoisotopic (exact) mass is 241 g/mol. The quantitative estimate of drug-likeness (QED) is 0.569. The van der Waals surface area contributed by atoms with E-state index >= 15 is 0 Å². The first-order valence-electron chi connectivity index (χ1n) is 5.72. The highest BCUT2D eigenvalue weighted by molar-refractivity contribution is 5.73. The Morgan fingerprint density at radius 2 is 2.29 bits per heavy atom. The molecular formula is C10H19N5O2. The molecule has 1 aromatic heterocycles. The molecule has 1 rings (SSSR count). The van der Waals surface area contributed by atoms with Crippen LogP contribution in [0.5, 0.6) is 0 Å². The first kappa shape index (κ1) is 13.4. The number of carbonyl (C=O) groups is 1. The van der Waals surface area contributed by atoms with Crippen molar-refractivity contribution in [3.8, 4) is 0 Å². The number of hydrogen-bond donors (Lipinski definition) is 3. The van der Waals surface area contributed by atoms with Gasteiger partial charge in [-0.05, 0) is 19.9 Å². The van der Waals surface area contributed by atoms with Gasteiger partial charge in [0.2, 0.25) is 11.8 Å². The molecule has 7 heteroatoms. The maximum Gasteiger partial charge on any atom is 0.315 e. The van der Waals surface area contributed by atoms with Crippen molar-refractivity contribution in [3.63, 3.8) is 0 Å². The highest BCUT2D eigenvalue weighted by Gasteiger charge is 2.12. The van der Waals surface area contributed by atoms with Crippen molar-refractivity contribution in [2.75, 3.05) is 18.4 Å². The van der Waals surface area contributed by atoms with Crippen molar-refractivity contribution in [1.82, 2.24) is 15.5 Å². The molecule has 0 saturated carbocycles. The lowest BCUT2D eigenvalue weighted by molar-refractivity contribution is -0.118. The zero-order chi connectivity index (χ0) is 12.7. The molecule has 0 bridgehead atoms. The van der Waals surface area contributed by atoms with Gasteiger partial charge >= 0.3 is 6.01 Å². The lowest BCUT2D eigenvalue weighted by Crippen LogP contribution is -2.17. The van der Waals surface area contributed by atoms with Crippen LogP contribution in [0.25, 0.3) is 0 Å². The molecule has 0 aromatic carbocycles. The van der Waals surface area contributed by atoms with Gasteiger partial charge in [0.1, 0.15) is 0 Å². The summed E-state index contributed by atoms with van der Waals surface area (Å²) in [5.41, 5.74) is 5.02. The number of nitrogens with one attached hydrogen (secondary N) is 2. The summed E-state index contributed by atoms with van der Waals surface area (Å²) in [6.45, 7) is 5.38. The number of nitrogens with zero attached hydrogens (tertiary/aromatic N) is 2. The average Bonchev–Trinajstić information content (AvgIpc) is 2.73. The first-order chi connectivity index (χ1) is 8.13. The molecule has 0 aliphatic rings. The highest BCUT2D eigenvalue weighted by Crippen LogP contribution is 2.13. The number of nitrogens with two attached hydrogens (primary N) is 1. The Morgan fingerprint density at radius 3 is 2.94 bits per heavy atom. The molecule has 96 valence electrons. The Labute approximate surface area is 100 Å². The summed E-state index contributed by atoms with van der Waals surface area (Å²) in [6, 6.07) is 0.405. The minimum Gasteiger partial charge on any atom is -0.406 e. The molecule has 0 fully saturated rings. The van der Waals surface area contributed by atoms with Crippen LogP contribution >= 0.6 is 0 Å². The van der Waals surface area contributed by atoms with Gasteiger partial charge in [0.25, 0.3) is 0 Å². The predicted molar refractivity (Wildman–Crippen MR) is 63.3 cm³/mol. The van der Waals surface area contributed by atoms with Crippen LogP contribution in [0.3, 0.4) is 0 Å². The van der Waals surface area contributed by atoms with Gasteiger partial charge in [0.15, 0.2) is 0 Å². The molecule has 4 N–H and O–H groups in total. The lowest BCUT2D eigenvalue weighted by atomic mass is 10.3. The molecule has 1 atom stereocenters. The first-order valence-corrected chi connectivity index (χ1v) is 5.72. The zero-order valence-electron chi connectivity index (χ0n) is 10.2. The van der Waals surface area contributed by atoms with E-state index < -0.39 is 0 Å². The number of aromatic nitrogens is 2. The molecule has 17 heavy (non-hydrogen) atoms.